The Bertz CT molecular complexity index is 422. The van der Waals surface area contributed by atoms with Crippen LogP contribution in [0.1, 0.15) is 44.2 Å². The molecule has 0 heterocycles. The van der Waals surface area contributed by atoms with E-state index in [0.29, 0.717) is 19.3 Å². The molecule has 21 heavy (non-hydrogen) atoms. The molecule has 0 aromatic heterocycles. The molecule has 1 atom stereocenters. The van der Waals surface area contributed by atoms with Crippen molar-refractivity contribution in [2.45, 2.75) is 51.4 Å². The van der Waals surface area contributed by atoms with Crippen LogP contribution in [0.5, 0.6) is 5.75 Å². The zero-order valence-corrected chi connectivity index (χ0v) is 12.4. The van der Waals surface area contributed by atoms with Gasteiger partial charge >= 0.3 is 6.61 Å². The summed E-state index contributed by atoms with van der Waals surface area (Å²) in [7, 11) is 0. The summed E-state index contributed by atoms with van der Waals surface area (Å²) in [6.45, 7) is 0.473. The largest absolute Gasteiger partial charge is 0.434 e. The summed E-state index contributed by atoms with van der Waals surface area (Å²) < 4.78 is 35.1. The van der Waals surface area contributed by atoms with Crippen molar-refractivity contribution in [1.82, 2.24) is 5.32 Å². The van der Waals surface area contributed by atoms with E-state index in [1.165, 1.54) is 12.8 Å². The first-order valence-electron chi connectivity index (χ1n) is 7.55. The Morgan fingerprint density at radius 2 is 1.95 bits per heavy atom. The summed E-state index contributed by atoms with van der Waals surface area (Å²) >= 11 is 0. The van der Waals surface area contributed by atoms with Crippen LogP contribution in [0, 0.1) is 0 Å². The fourth-order valence-corrected chi connectivity index (χ4v) is 2.71. The molecule has 1 aromatic carbocycles. The summed E-state index contributed by atoms with van der Waals surface area (Å²) in [4.78, 5) is 0. The lowest BCUT2D eigenvalue weighted by atomic mass is 10.1. The molecule has 3 nitrogen and oxygen atoms in total. The van der Waals surface area contributed by atoms with E-state index in [4.69, 9.17) is 4.74 Å². The van der Waals surface area contributed by atoms with Gasteiger partial charge in [-0.1, -0.05) is 31.0 Å². The second-order valence-electron chi connectivity index (χ2n) is 5.37. The van der Waals surface area contributed by atoms with Gasteiger partial charge in [-0.3, -0.25) is 0 Å². The van der Waals surface area contributed by atoms with Crippen molar-refractivity contribution in [3.63, 3.8) is 0 Å². The lowest BCUT2D eigenvalue weighted by molar-refractivity contribution is -0.0507. The number of nitrogens with one attached hydrogen (secondary N) is 1. The Labute approximate surface area is 124 Å². The highest BCUT2D eigenvalue weighted by atomic mass is 19.3. The van der Waals surface area contributed by atoms with Gasteiger partial charge in [-0.25, -0.2) is 0 Å². The molecule has 1 fully saturated rings. The topological polar surface area (TPSA) is 30.5 Å². The second-order valence-corrected chi connectivity index (χ2v) is 5.37. The third kappa shape index (κ3) is 5.25. The molecule has 0 amide bonds. The highest BCUT2D eigenvalue weighted by molar-refractivity contribution is 5.35. The third-order valence-corrected chi connectivity index (χ3v) is 3.81. The van der Waals surface area contributed by atoms with E-state index in [2.05, 4.69) is 10.1 Å². The molecule has 1 aromatic rings. The maximum Gasteiger partial charge on any atom is 0.387 e. The monoisotopic (exact) mass is 299 g/mol. The molecule has 0 radical (unpaired) electrons. The number of benzene rings is 1. The fourth-order valence-electron chi connectivity index (χ4n) is 2.71. The molecular formula is C16H23F2NO2. The van der Waals surface area contributed by atoms with Crippen molar-refractivity contribution in [2.75, 3.05) is 13.2 Å². The maximum atomic E-state index is 12.4. The highest BCUT2D eigenvalue weighted by Crippen LogP contribution is 2.26. The maximum absolute atomic E-state index is 12.4. The number of para-hydroxylation sites is 1. The van der Waals surface area contributed by atoms with Gasteiger partial charge in [0.2, 0.25) is 0 Å². The number of alkyl halides is 2. The normalized spacial score (nSPS) is 17.3. The lowest BCUT2D eigenvalue weighted by Gasteiger charge is -2.19. The van der Waals surface area contributed by atoms with Gasteiger partial charge in [-0.2, -0.15) is 8.78 Å². The standard InChI is InChI=1S/C16H23F2NO2/c1-12(19-10-11-20-13-6-2-3-7-13)14-8-4-5-9-15(14)21-16(17)18/h4-5,8-9,12-13,16,19H,2-3,6-7,10-11H2,1H3. The molecule has 5 heteroatoms. The zero-order chi connectivity index (χ0) is 15.1. The van der Waals surface area contributed by atoms with Gasteiger partial charge in [0.1, 0.15) is 5.75 Å². The van der Waals surface area contributed by atoms with Crippen LogP contribution in [0.4, 0.5) is 8.78 Å². The first kappa shape index (κ1) is 16.2. The van der Waals surface area contributed by atoms with E-state index < -0.39 is 6.61 Å². The quantitative estimate of drug-likeness (QED) is 0.739. The molecule has 1 N–H and O–H groups in total. The molecule has 1 saturated carbocycles. The van der Waals surface area contributed by atoms with Crippen LogP contribution in [0.3, 0.4) is 0 Å². The smallest absolute Gasteiger partial charge is 0.387 e. The minimum absolute atomic E-state index is 0.0628. The van der Waals surface area contributed by atoms with Crippen LogP contribution in [-0.4, -0.2) is 25.9 Å². The van der Waals surface area contributed by atoms with Crippen molar-refractivity contribution in [2.24, 2.45) is 0 Å². The molecule has 1 aliphatic rings. The number of hydrogen-bond acceptors (Lipinski definition) is 3. The Kier molecular flexibility index (Phi) is 6.39. The molecule has 118 valence electrons. The third-order valence-electron chi connectivity index (χ3n) is 3.81. The van der Waals surface area contributed by atoms with E-state index in [1.807, 2.05) is 13.0 Å². The number of hydrogen-bond donors (Lipinski definition) is 1. The fraction of sp³-hybridized carbons (Fsp3) is 0.625. The summed E-state index contributed by atoms with van der Waals surface area (Å²) in [6, 6.07) is 6.81. The van der Waals surface area contributed by atoms with Gasteiger partial charge in [0.15, 0.2) is 0 Å². The van der Waals surface area contributed by atoms with Gasteiger partial charge in [0, 0.05) is 18.2 Å². The minimum Gasteiger partial charge on any atom is -0.434 e. The summed E-state index contributed by atoms with van der Waals surface area (Å²) in [5, 5.41) is 3.29. The molecule has 1 unspecified atom stereocenters. The predicted molar refractivity (Wildman–Crippen MR) is 77.7 cm³/mol. The number of ether oxygens (including phenoxy) is 2. The van der Waals surface area contributed by atoms with Crippen molar-refractivity contribution >= 4 is 0 Å². The highest BCUT2D eigenvalue weighted by Gasteiger charge is 2.16. The van der Waals surface area contributed by atoms with Crippen LogP contribution in [0.2, 0.25) is 0 Å². The molecule has 0 saturated heterocycles. The van der Waals surface area contributed by atoms with Gasteiger partial charge in [0.05, 0.1) is 12.7 Å². The zero-order valence-electron chi connectivity index (χ0n) is 12.4. The molecule has 0 spiro atoms. The predicted octanol–water partition coefficient (Wildman–Crippen LogP) is 3.90. The molecule has 0 aliphatic heterocycles. The van der Waals surface area contributed by atoms with E-state index in [-0.39, 0.29) is 11.8 Å². The minimum atomic E-state index is -2.80. The van der Waals surface area contributed by atoms with Crippen LogP contribution >= 0.6 is 0 Å². The van der Waals surface area contributed by atoms with E-state index in [9.17, 15) is 8.78 Å². The average molecular weight is 299 g/mol. The van der Waals surface area contributed by atoms with Crippen molar-refractivity contribution < 1.29 is 18.3 Å². The van der Waals surface area contributed by atoms with Gasteiger partial charge < -0.3 is 14.8 Å². The van der Waals surface area contributed by atoms with Crippen LogP contribution in [-0.2, 0) is 4.74 Å². The van der Waals surface area contributed by atoms with E-state index >= 15 is 0 Å². The lowest BCUT2D eigenvalue weighted by Crippen LogP contribution is -2.25. The summed E-state index contributed by atoms with van der Waals surface area (Å²) in [5.41, 5.74) is 0.735. The van der Waals surface area contributed by atoms with E-state index in [1.54, 1.807) is 18.2 Å². The first-order chi connectivity index (χ1) is 10.2. The van der Waals surface area contributed by atoms with Gasteiger partial charge in [0.25, 0.3) is 0 Å². The van der Waals surface area contributed by atoms with Gasteiger partial charge in [-0.05, 0) is 25.8 Å². The number of rotatable bonds is 8. The van der Waals surface area contributed by atoms with Crippen molar-refractivity contribution in [3.05, 3.63) is 29.8 Å². The van der Waals surface area contributed by atoms with E-state index in [0.717, 1.165) is 18.4 Å². The van der Waals surface area contributed by atoms with Crippen LogP contribution in [0.25, 0.3) is 0 Å². The first-order valence-corrected chi connectivity index (χ1v) is 7.55. The van der Waals surface area contributed by atoms with Crippen molar-refractivity contribution in [1.29, 1.82) is 0 Å². The van der Waals surface area contributed by atoms with Gasteiger partial charge in [-0.15, -0.1) is 0 Å². The Hall–Kier alpha value is -1.20. The number of halogens is 2. The second kappa shape index (κ2) is 8.29. The van der Waals surface area contributed by atoms with Crippen LogP contribution < -0.4 is 10.1 Å². The average Bonchev–Trinajstić information content (AvgIpc) is 2.96. The molecular weight excluding hydrogens is 276 g/mol. The summed E-state index contributed by atoms with van der Waals surface area (Å²) in [5.74, 6) is 0.226. The SMILES string of the molecule is CC(NCCOC1CCCC1)c1ccccc1OC(F)F. The Morgan fingerprint density at radius 3 is 2.67 bits per heavy atom. The summed E-state index contributed by atoms with van der Waals surface area (Å²) in [6.07, 6.45) is 5.22. The molecule has 2 rings (SSSR count). The van der Waals surface area contributed by atoms with Crippen molar-refractivity contribution in [3.8, 4) is 5.75 Å². The molecule has 1 aliphatic carbocycles. The Morgan fingerprint density at radius 1 is 1.24 bits per heavy atom. The van der Waals surface area contributed by atoms with Crippen LogP contribution in [0.15, 0.2) is 24.3 Å². The Balaban J connectivity index is 1.78. The molecule has 0 bridgehead atoms.